The first-order valence-corrected chi connectivity index (χ1v) is 13.4. The van der Waals surface area contributed by atoms with Gasteiger partial charge in [-0.1, -0.05) is 36.4 Å². The molecular weight excluding hydrogens is 540 g/mol. The van der Waals surface area contributed by atoms with Crippen LogP contribution in [0.15, 0.2) is 103 Å². The van der Waals surface area contributed by atoms with Crippen LogP contribution in [0, 0.1) is 0 Å². The van der Waals surface area contributed by atoms with Crippen molar-refractivity contribution in [3.8, 4) is 5.75 Å². The van der Waals surface area contributed by atoms with Crippen molar-refractivity contribution in [1.29, 1.82) is 0 Å². The maximum Gasteiger partial charge on any atom is 0.342 e. The molecule has 0 bridgehead atoms. The predicted octanol–water partition coefficient (Wildman–Crippen LogP) is 5.74. The molecule has 6 rings (SSSR count). The molecule has 2 amide bonds. The lowest BCUT2D eigenvalue weighted by Crippen LogP contribution is -2.29. The number of nitrogens with one attached hydrogen (secondary N) is 2. The fourth-order valence-electron chi connectivity index (χ4n) is 4.75. The third-order valence-electron chi connectivity index (χ3n) is 6.80. The van der Waals surface area contributed by atoms with E-state index < -0.39 is 11.8 Å². The summed E-state index contributed by atoms with van der Waals surface area (Å²) in [6.07, 6.45) is 0.202. The highest BCUT2D eigenvalue weighted by Gasteiger charge is 2.48. The predicted molar refractivity (Wildman–Crippen MR) is 157 cm³/mol. The Morgan fingerprint density at radius 2 is 1.59 bits per heavy atom. The number of ether oxygens (including phenoxy) is 2. The van der Waals surface area contributed by atoms with E-state index in [2.05, 4.69) is 19.4 Å². The molecule has 1 aromatic heterocycles. The monoisotopic (exact) mass is 564 g/mol. The number of rotatable bonds is 7. The second kappa shape index (κ2) is 10.8. The summed E-state index contributed by atoms with van der Waals surface area (Å²) >= 11 is 1.09. The largest absolute Gasteiger partial charge is 0.497 e. The van der Waals surface area contributed by atoms with Crippen molar-refractivity contribution in [1.82, 2.24) is 8.75 Å². The maximum absolute atomic E-state index is 13.3. The van der Waals surface area contributed by atoms with Crippen molar-refractivity contribution in [3.05, 3.63) is 119 Å². The van der Waals surface area contributed by atoms with Gasteiger partial charge < -0.3 is 25.2 Å². The first kappa shape index (κ1) is 26.2. The molecular formula is C31H24N4O5S. The van der Waals surface area contributed by atoms with Gasteiger partial charge in [0.25, 0.3) is 5.79 Å². The number of aliphatic hydroxyl groups is 1. The molecule has 1 atom stereocenters. The van der Waals surface area contributed by atoms with Crippen LogP contribution in [0.5, 0.6) is 5.75 Å². The molecule has 3 N–H and O–H groups in total. The van der Waals surface area contributed by atoms with E-state index in [0.29, 0.717) is 39.3 Å². The van der Waals surface area contributed by atoms with Crippen LogP contribution < -0.4 is 15.4 Å². The molecule has 0 radical (unpaired) electrons. The number of benzene rings is 4. The SMILES string of the molecule is COc1ccc(C2(O)OC(=O)C(c3ccc4nsnc4c3)=C2Cc2ccc(NC(=O)Nc3ccccc3)cc2)cc1. The lowest BCUT2D eigenvalue weighted by Gasteiger charge is -2.26. The molecule has 5 aromatic rings. The van der Waals surface area contributed by atoms with Gasteiger partial charge in [0, 0.05) is 28.9 Å². The Balaban J connectivity index is 1.33. The van der Waals surface area contributed by atoms with Gasteiger partial charge in [0.1, 0.15) is 16.8 Å². The number of carbonyl (C=O) groups is 2. The van der Waals surface area contributed by atoms with Gasteiger partial charge in [0.05, 0.1) is 24.4 Å². The Morgan fingerprint density at radius 3 is 2.29 bits per heavy atom. The van der Waals surface area contributed by atoms with E-state index in [1.165, 1.54) is 0 Å². The van der Waals surface area contributed by atoms with Crippen molar-refractivity contribution >= 4 is 51.7 Å². The molecule has 0 aliphatic carbocycles. The number of hydrogen-bond donors (Lipinski definition) is 3. The van der Waals surface area contributed by atoms with Gasteiger partial charge in [-0.2, -0.15) is 8.75 Å². The smallest absolute Gasteiger partial charge is 0.342 e. The van der Waals surface area contributed by atoms with Crippen molar-refractivity contribution < 1.29 is 24.2 Å². The van der Waals surface area contributed by atoms with Gasteiger partial charge in [0.2, 0.25) is 0 Å². The first-order valence-electron chi connectivity index (χ1n) is 12.7. The second-order valence-corrected chi connectivity index (χ2v) is 9.93. The highest BCUT2D eigenvalue weighted by atomic mass is 32.1. The summed E-state index contributed by atoms with van der Waals surface area (Å²) in [6.45, 7) is 0. The topological polar surface area (TPSA) is 123 Å². The average Bonchev–Trinajstić information content (AvgIpc) is 3.56. The standard InChI is InChI=1S/C31H24N4O5S/c1-39-24-14-10-21(11-15-24)31(38)25(28(29(36)40-31)20-9-16-26-27(18-20)35-41-34-26)17-19-7-12-23(13-8-19)33-30(37)32-22-5-3-2-4-6-22/h2-16,18,38H,17H2,1H3,(H2,32,33,37). The zero-order valence-corrected chi connectivity index (χ0v) is 22.6. The third-order valence-corrected chi connectivity index (χ3v) is 7.36. The zero-order chi connectivity index (χ0) is 28.4. The number of nitrogens with zero attached hydrogens (tertiary/aromatic N) is 2. The minimum atomic E-state index is -2.00. The fraction of sp³-hybridized carbons (Fsp3) is 0.0968. The van der Waals surface area contributed by atoms with E-state index in [1.807, 2.05) is 30.3 Å². The van der Waals surface area contributed by atoms with Crippen LogP contribution in [-0.4, -0.2) is 33.0 Å². The number of urea groups is 1. The summed E-state index contributed by atoms with van der Waals surface area (Å²) in [7, 11) is 1.55. The zero-order valence-electron chi connectivity index (χ0n) is 21.8. The maximum atomic E-state index is 13.3. The Hall–Kier alpha value is -5.06. The number of methoxy groups -OCH3 is 1. The number of fused-ring (bicyclic) bond motifs is 1. The highest BCUT2D eigenvalue weighted by Crippen LogP contribution is 2.45. The van der Waals surface area contributed by atoms with Crippen LogP contribution in [0.25, 0.3) is 16.6 Å². The van der Waals surface area contributed by atoms with Gasteiger partial charge in [-0.15, -0.1) is 0 Å². The molecule has 10 heteroatoms. The Kier molecular flexibility index (Phi) is 6.92. The molecule has 4 aromatic carbocycles. The quantitative estimate of drug-likeness (QED) is 0.215. The van der Waals surface area contributed by atoms with Crippen molar-refractivity contribution in [2.75, 3.05) is 17.7 Å². The van der Waals surface area contributed by atoms with Crippen LogP contribution in [0.4, 0.5) is 16.2 Å². The summed E-state index contributed by atoms with van der Waals surface area (Å²) in [5.74, 6) is -2.04. The van der Waals surface area contributed by atoms with E-state index in [9.17, 15) is 14.7 Å². The van der Waals surface area contributed by atoms with Crippen LogP contribution in [0.3, 0.4) is 0 Å². The van der Waals surface area contributed by atoms with Crippen LogP contribution >= 0.6 is 11.7 Å². The van der Waals surface area contributed by atoms with Gasteiger partial charge in [-0.05, 0) is 71.8 Å². The number of esters is 1. The summed E-state index contributed by atoms with van der Waals surface area (Å²) in [6, 6.07) is 28.0. The van der Waals surface area contributed by atoms with Gasteiger partial charge >= 0.3 is 12.0 Å². The molecule has 41 heavy (non-hydrogen) atoms. The highest BCUT2D eigenvalue weighted by molar-refractivity contribution is 7.00. The molecule has 0 spiro atoms. The van der Waals surface area contributed by atoms with E-state index >= 15 is 0 Å². The molecule has 2 heterocycles. The minimum absolute atomic E-state index is 0.202. The summed E-state index contributed by atoms with van der Waals surface area (Å²) in [5, 5.41) is 17.5. The number of cyclic esters (lactones) is 1. The minimum Gasteiger partial charge on any atom is -0.497 e. The van der Waals surface area contributed by atoms with E-state index in [-0.39, 0.29) is 18.0 Å². The van der Waals surface area contributed by atoms with Crippen molar-refractivity contribution in [2.24, 2.45) is 0 Å². The van der Waals surface area contributed by atoms with Crippen LogP contribution in [0.2, 0.25) is 0 Å². The first-order chi connectivity index (χ1) is 19.9. The molecule has 0 fully saturated rings. The molecule has 1 aliphatic rings. The fourth-order valence-corrected chi connectivity index (χ4v) is 5.27. The average molecular weight is 565 g/mol. The number of carbonyl (C=O) groups excluding carboxylic acids is 2. The number of hydrogen-bond acceptors (Lipinski definition) is 8. The van der Waals surface area contributed by atoms with Crippen molar-refractivity contribution in [2.45, 2.75) is 12.2 Å². The Morgan fingerprint density at radius 1 is 0.902 bits per heavy atom. The van der Waals surface area contributed by atoms with E-state index in [4.69, 9.17) is 9.47 Å². The van der Waals surface area contributed by atoms with Gasteiger partial charge in [-0.3, -0.25) is 0 Å². The van der Waals surface area contributed by atoms with Crippen LogP contribution in [-0.2, 0) is 21.7 Å². The normalized spacial score (nSPS) is 16.5. The lowest BCUT2D eigenvalue weighted by molar-refractivity contribution is -0.185. The molecule has 1 aliphatic heterocycles. The molecule has 0 saturated carbocycles. The molecule has 9 nitrogen and oxygen atoms in total. The summed E-state index contributed by atoms with van der Waals surface area (Å²) in [5.41, 5.74) is 5.05. The second-order valence-electron chi connectivity index (χ2n) is 9.40. The van der Waals surface area contributed by atoms with Crippen LogP contribution in [0.1, 0.15) is 16.7 Å². The molecule has 204 valence electrons. The number of amides is 2. The number of para-hydroxylation sites is 1. The number of aromatic nitrogens is 2. The van der Waals surface area contributed by atoms with E-state index in [0.717, 1.165) is 22.8 Å². The number of anilines is 2. The summed E-state index contributed by atoms with van der Waals surface area (Å²) < 4.78 is 19.5. The van der Waals surface area contributed by atoms with Gasteiger partial charge in [-0.25, -0.2) is 9.59 Å². The molecule has 0 saturated heterocycles. The Labute approximate surface area is 239 Å². The van der Waals surface area contributed by atoms with Crippen molar-refractivity contribution in [3.63, 3.8) is 0 Å². The van der Waals surface area contributed by atoms with Gasteiger partial charge in [0.15, 0.2) is 0 Å². The van der Waals surface area contributed by atoms with E-state index in [1.54, 1.807) is 73.8 Å². The summed E-state index contributed by atoms with van der Waals surface area (Å²) in [4.78, 5) is 25.7. The lowest BCUT2D eigenvalue weighted by atomic mass is 9.88. The Bertz CT molecular complexity index is 1770. The molecule has 1 unspecified atom stereocenters. The third kappa shape index (κ3) is 5.25.